The van der Waals surface area contributed by atoms with Crippen LogP contribution in [0.5, 0.6) is 0 Å². The number of β-amino-alcohol motifs (C(OH)–C–C–N with tert-alkyl or cyclic N) is 1. The minimum atomic E-state index is -0.996. The number of para-hydroxylation sites is 1. The van der Waals surface area contributed by atoms with E-state index in [-0.39, 0.29) is 5.56 Å². The Balaban J connectivity index is 2.16. The molecule has 6 heteroatoms. The van der Waals surface area contributed by atoms with E-state index in [2.05, 4.69) is 15.6 Å². The molecular formula is C11H13N3O3. The van der Waals surface area contributed by atoms with Crippen molar-refractivity contribution in [3.05, 3.63) is 29.8 Å². The van der Waals surface area contributed by atoms with Crippen molar-refractivity contribution < 1.29 is 15.0 Å². The van der Waals surface area contributed by atoms with Crippen molar-refractivity contribution >= 4 is 17.6 Å². The fourth-order valence-electron chi connectivity index (χ4n) is 1.52. The van der Waals surface area contributed by atoms with Crippen molar-refractivity contribution in [1.29, 1.82) is 0 Å². The molecule has 1 aromatic carbocycles. The Morgan fingerprint density at radius 2 is 2.24 bits per heavy atom. The first kappa shape index (κ1) is 11.4. The molecule has 0 radical (unpaired) electrons. The molecule has 17 heavy (non-hydrogen) atoms. The lowest BCUT2D eigenvalue weighted by molar-refractivity contribution is 0.0698. The minimum absolute atomic E-state index is 0.183. The first-order chi connectivity index (χ1) is 8.16. The molecule has 90 valence electrons. The van der Waals surface area contributed by atoms with Gasteiger partial charge in [-0.25, -0.2) is 4.79 Å². The van der Waals surface area contributed by atoms with Crippen LogP contribution in [0.25, 0.3) is 0 Å². The Bertz CT molecular complexity index is 459. The zero-order chi connectivity index (χ0) is 12.3. The molecule has 0 aliphatic carbocycles. The molecule has 1 unspecified atom stereocenters. The number of benzene rings is 1. The highest BCUT2D eigenvalue weighted by Crippen LogP contribution is 2.14. The highest BCUT2D eigenvalue weighted by Gasteiger charge is 2.14. The number of guanidine groups is 1. The van der Waals surface area contributed by atoms with Crippen LogP contribution in [0.3, 0.4) is 0 Å². The number of carboxylic acids is 1. The fourth-order valence-corrected chi connectivity index (χ4v) is 1.52. The maximum atomic E-state index is 11.0. The van der Waals surface area contributed by atoms with Gasteiger partial charge < -0.3 is 20.8 Å². The second-order valence-electron chi connectivity index (χ2n) is 3.70. The Kier molecular flexibility index (Phi) is 3.24. The molecule has 0 aromatic heterocycles. The highest BCUT2D eigenvalue weighted by atomic mass is 16.4. The largest absolute Gasteiger partial charge is 0.478 e. The van der Waals surface area contributed by atoms with Gasteiger partial charge in [-0.15, -0.1) is 0 Å². The van der Waals surface area contributed by atoms with E-state index in [0.717, 1.165) is 0 Å². The molecule has 1 aliphatic rings. The number of nitrogens with one attached hydrogen (secondary N) is 2. The third-order valence-electron chi connectivity index (χ3n) is 2.38. The Hall–Kier alpha value is -2.08. The lowest BCUT2D eigenvalue weighted by Crippen LogP contribution is -2.42. The van der Waals surface area contributed by atoms with Crippen molar-refractivity contribution in [2.45, 2.75) is 6.10 Å². The summed E-state index contributed by atoms with van der Waals surface area (Å²) in [7, 11) is 0. The van der Waals surface area contributed by atoms with Crippen LogP contribution in [0.15, 0.2) is 29.3 Å². The summed E-state index contributed by atoms with van der Waals surface area (Å²) in [6.45, 7) is 0.714. The molecule has 0 saturated heterocycles. The van der Waals surface area contributed by atoms with Gasteiger partial charge in [-0.3, -0.25) is 4.99 Å². The van der Waals surface area contributed by atoms with Crippen molar-refractivity contribution in [2.75, 3.05) is 18.4 Å². The van der Waals surface area contributed by atoms with Crippen LogP contribution in [0.1, 0.15) is 10.4 Å². The number of aromatic carboxylic acids is 1. The fraction of sp³-hybridized carbons (Fsp3) is 0.273. The van der Waals surface area contributed by atoms with Gasteiger partial charge in [0.2, 0.25) is 0 Å². The highest BCUT2D eigenvalue weighted by molar-refractivity contribution is 6.01. The number of aliphatic hydroxyl groups is 1. The van der Waals surface area contributed by atoms with E-state index in [4.69, 9.17) is 5.11 Å². The van der Waals surface area contributed by atoms with Gasteiger partial charge in [-0.2, -0.15) is 0 Å². The predicted molar refractivity (Wildman–Crippen MR) is 63.3 cm³/mol. The van der Waals surface area contributed by atoms with E-state index in [1.165, 1.54) is 6.07 Å². The van der Waals surface area contributed by atoms with Crippen molar-refractivity contribution in [2.24, 2.45) is 4.99 Å². The van der Waals surface area contributed by atoms with Gasteiger partial charge in [0.25, 0.3) is 0 Å². The molecule has 1 aromatic rings. The zero-order valence-corrected chi connectivity index (χ0v) is 9.05. The average molecular weight is 235 g/mol. The second-order valence-corrected chi connectivity index (χ2v) is 3.70. The number of nitrogens with zero attached hydrogens (tertiary/aromatic N) is 1. The Morgan fingerprint density at radius 3 is 2.88 bits per heavy atom. The molecule has 2 rings (SSSR count). The van der Waals surface area contributed by atoms with Crippen LogP contribution in [-0.4, -0.2) is 41.3 Å². The van der Waals surface area contributed by atoms with Gasteiger partial charge in [0, 0.05) is 6.54 Å². The molecular weight excluding hydrogens is 222 g/mol. The van der Waals surface area contributed by atoms with Crippen LogP contribution >= 0.6 is 0 Å². The van der Waals surface area contributed by atoms with Gasteiger partial charge in [-0.1, -0.05) is 12.1 Å². The second kappa shape index (κ2) is 4.84. The summed E-state index contributed by atoms with van der Waals surface area (Å²) in [6, 6.07) is 6.59. The summed E-state index contributed by atoms with van der Waals surface area (Å²) < 4.78 is 0. The van der Waals surface area contributed by atoms with Gasteiger partial charge in [0.05, 0.1) is 23.9 Å². The summed E-state index contributed by atoms with van der Waals surface area (Å²) in [4.78, 5) is 15.0. The van der Waals surface area contributed by atoms with E-state index in [9.17, 15) is 9.90 Å². The van der Waals surface area contributed by atoms with E-state index in [1.807, 2.05) is 0 Å². The number of aliphatic imine (C=N–C) groups is 1. The van der Waals surface area contributed by atoms with Crippen molar-refractivity contribution in [3.8, 4) is 0 Å². The SMILES string of the molecule is O=C(O)c1ccccc1NC1=NCC(O)CN1. The third-order valence-corrected chi connectivity index (χ3v) is 2.38. The quantitative estimate of drug-likeness (QED) is 0.584. The van der Waals surface area contributed by atoms with Crippen LogP contribution in [0.4, 0.5) is 5.69 Å². The van der Waals surface area contributed by atoms with Crippen LogP contribution < -0.4 is 10.6 Å². The van der Waals surface area contributed by atoms with E-state index in [1.54, 1.807) is 18.2 Å². The first-order valence-electron chi connectivity index (χ1n) is 5.22. The summed E-state index contributed by atoms with van der Waals surface area (Å²) in [6.07, 6.45) is -0.490. The predicted octanol–water partition coefficient (Wildman–Crippen LogP) is 0.117. The van der Waals surface area contributed by atoms with Crippen LogP contribution in [-0.2, 0) is 0 Å². The van der Waals surface area contributed by atoms with Crippen LogP contribution in [0, 0.1) is 0 Å². The number of anilines is 1. The molecule has 4 N–H and O–H groups in total. The van der Waals surface area contributed by atoms with Crippen LogP contribution in [0.2, 0.25) is 0 Å². The Morgan fingerprint density at radius 1 is 1.47 bits per heavy atom. The molecule has 1 atom stereocenters. The zero-order valence-electron chi connectivity index (χ0n) is 9.05. The molecule has 0 bridgehead atoms. The molecule has 1 heterocycles. The van der Waals surface area contributed by atoms with Gasteiger partial charge in [0.1, 0.15) is 0 Å². The van der Waals surface area contributed by atoms with E-state index < -0.39 is 12.1 Å². The number of hydrogen-bond donors (Lipinski definition) is 4. The van der Waals surface area contributed by atoms with Crippen molar-refractivity contribution in [3.63, 3.8) is 0 Å². The smallest absolute Gasteiger partial charge is 0.337 e. The molecule has 0 fully saturated rings. The summed E-state index contributed by atoms with van der Waals surface area (Å²) in [5.74, 6) is -0.520. The van der Waals surface area contributed by atoms with Gasteiger partial charge in [0.15, 0.2) is 5.96 Å². The summed E-state index contributed by atoms with van der Waals surface area (Å²) in [5.41, 5.74) is 0.658. The minimum Gasteiger partial charge on any atom is -0.478 e. The lowest BCUT2D eigenvalue weighted by atomic mass is 10.2. The molecule has 1 aliphatic heterocycles. The average Bonchev–Trinajstić information content (AvgIpc) is 2.32. The van der Waals surface area contributed by atoms with Gasteiger partial charge >= 0.3 is 5.97 Å². The normalized spacial score (nSPS) is 19.1. The maximum Gasteiger partial charge on any atom is 0.337 e. The Labute approximate surface area is 98.0 Å². The first-order valence-corrected chi connectivity index (χ1v) is 5.22. The third kappa shape index (κ3) is 2.73. The van der Waals surface area contributed by atoms with E-state index in [0.29, 0.717) is 24.7 Å². The number of aliphatic hydroxyl groups excluding tert-OH is 1. The lowest BCUT2D eigenvalue weighted by Gasteiger charge is -2.20. The van der Waals surface area contributed by atoms with Crippen molar-refractivity contribution in [1.82, 2.24) is 5.32 Å². The number of carboxylic acid groups (broad SMARTS) is 1. The molecule has 6 nitrogen and oxygen atoms in total. The number of carbonyl (C=O) groups is 1. The monoisotopic (exact) mass is 235 g/mol. The molecule has 0 spiro atoms. The van der Waals surface area contributed by atoms with E-state index >= 15 is 0 Å². The molecule has 0 amide bonds. The summed E-state index contributed by atoms with van der Waals surface area (Å²) in [5, 5.41) is 24.0. The molecule has 0 saturated carbocycles. The maximum absolute atomic E-state index is 11.0. The number of rotatable bonds is 2. The number of hydrogen-bond acceptors (Lipinski definition) is 5. The topological polar surface area (TPSA) is 94.0 Å². The standard InChI is InChI=1S/C11H13N3O3/c15-7-5-12-11(13-6-7)14-9-4-2-1-3-8(9)10(16)17/h1-4,7,15H,5-6H2,(H,16,17)(H2,12,13,14). The van der Waals surface area contributed by atoms with Gasteiger partial charge in [-0.05, 0) is 12.1 Å². The summed E-state index contributed by atoms with van der Waals surface area (Å²) >= 11 is 0.